The Kier molecular flexibility index (Phi) is 5.60. The van der Waals surface area contributed by atoms with E-state index in [4.69, 9.17) is 4.74 Å². The average Bonchev–Trinajstić information content (AvgIpc) is 2.93. The van der Waals surface area contributed by atoms with Crippen molar-refractivity contribution in [3.05, 3.63) is 70.2 Å². The first-order valence-corrected chi connectivity index (χ1v) is 9.20. The Balaban J connectivity index is 1.77. The van der Waals surface area contributed by atoms with Crippen molar-refractivity contribution < 1.29 is 13.9 Å². The molecule has 0 spiro atoms. The van der Waals surface area contributed by atoms with Crippen molar-refractivity contribution in [2.75, 3.05) is 5.32 Å². The molecule has 1 aromatic heterocycles. The lowest BCUT2D eigenvalue weighted by Crippen LogP contribution is -2.30. The third-order valence-corrected chi connectivity index (χ3v) is 4.73. The van der Waals surface area contributed by atoms with Crippen LogP contribution in [0.25, 0.3) is 5.69 Å². The minimum atomic E-state index is -0.773. The quantitative estimate of drug-likeness (QED) is 0.631. The van der Waals surface area contributed by atoms with Crippen molar-refractivity contribution in [3.8, 4) is 11.4 Å². The highest BCUT2D eigenvalue weighted by molar-refractivity contribution is 9.10. The first-order chi connectivity index (χ1) is 12.9. The highest BCUT2D eigenvalue weighted by Gasteiger charge is 2.20. The number of benzene rings is 2. The molecule has 0 saturated heterocycles. The number of ether oxygens (including phenoxy) is 1. The molecule has 1 heterocycles. The molecule has 0 aliphatic rings. The first kappa shape index (κ1) is 19.1. The lowest BCUT2D eigenvalue weighted by Gasteiger charge is -2.16. The summed E-state index contributed by atoms with van der Waals surface area (Å²) in [5.41, 5.74) is 3.10. The number of nitrogens with zero attached hydrogens (tertiary/aromatic N) is 2. The van der Waals surface area contributed by atoms with Gasteiger partial charge in [-0.15, -0.1) is 0 Å². The zero-order valence-corrected chi connectivity index (χ0v) is 16.7. The van der Waals surface area contributed by atoms with Crippen LogP contribution in [0.2, 0.25) is 0 Å². The smallest absolute Gasteiger partial charge is 0.265 e. The second kappa shape index (κ2) is 7.92. The highest BCUT2D eigenvalue weighted by atomic mass is 79.9. The first-order valence-electron chi connectivity index (χ1n) is 8.41. The topological polar surface area (TPSA) is 56.2 Å². The van der Waals surface area contributed by atoms with Gasteiger partial charge in [-0.3, -0.25) is 4.79 Å². The summed E-state index contributed by atoms with van der Waals surface area (Å²) in [4.78, 5) is 12.6. The molecule has 1 amide bonds. The van der Waals surface area contributed by atoms with Crippen molar-refractivity contribution in [1.82, 2.24) is 9.78 Å². The van der Waals surface area contributed by atoms with Gasteiger partial charge >= 0.3 is 0 Å². The van der Waals surface area contributed by atoms with Crippen LogP contribution in [0.3, 0.4) is 0 Å². The van der Waals surface area contributed by atoms with Crippen LogP contribution < -0.4 is 10.1 Å². The molecule has 3 aromatic rings. The van der Waals surface area contributed by atoms with E-state index in [-0.39, 0.29) is 11.7 Å². The molecule has 0 radical (unpaired) electrons. The van der Waals surface area contributed by atoms with Crippen molar-refractivity contribution in [2.45, 2.75) is 26.9 Å². The number of para-hydroxylation sites is 1. The van der Waals surface area contributed by atoms with Gasteiger partial charge in [0.1, 0.15) is 11.6 Å². The van der Waals surface area contributed by atoms with E-state index in [0.717, 1.165) is 11.4 Å². The lowest BCUT2D eigenvalue weighted by molar-refractivity contribution is -0.122. The average molecular weight is 432 g/mol. The molecule has 0 fully saturated rings. The Labute approximate surface area is 165 Å². The van der Waals surface area contributed by atoms with E-state index in [1.165, 1.54) is 18.2 Å². The summed E-state index contributed by atoms with van der Waals surface area (Å²) in [6.45, 7) is 5.37. The van der Waals surface area contributed by atoms with E-state index in [0.29, 0.717) is 21.6 Å². The normalized spacial score (nSPS) is 11.9. The minimum absolute atomic E-state index is 0.315. The highest BCUT2D eigenvalue weighted by Crippen LogP contribution is 2.27. The molecule has 1 N–H and O–H groups in total. The molecule has 27 heavy (non-hydrogen) atoms. The fraction of sp³-hybridized carbons (Fsp3) is 0.200. The molecule has 0 aliphatic heterocycles. The molecule has 140 valence electrons. The molecular formula is C20H19BrFN3O2. The Morgan fingerprint density at radius 2 is 1.93 bits per heavy atom. The van der Waals surface area contributed by atoms with Crippen LogP contribution in [-0.2, 0) is 4.79 Å². The number of carbonyl (C=O) groups excluding carboxylic acids is 1. The zero-order chi connectivity index (χ0) is 19.6. The minimum Gasteiger partial charge on any atom is -0.480 e. The summed E-state index contributed by atoms with van der Waals surface area (Å²) in [6.07, 6.45) is -0.773. The maximum absolute atomic E-state index is 13.2. The molecule has 0 saturated carbocycles. The summed E-state index contributed by atoms with van der Waals surface area (Å²) in [6, 6.07) is 13.7. The fourth-order valence-corrected chi connectivity index (χ4v) is 3.13. The van der Waals surface area contributed by atoms with Crippen LogP contribution in [0.15, 0.2) is 53.0 Å². The van der Waals surface area contributed by atoms with Crippen LogP contribution in [-0.4, -0.2) is 21.8 Å². The van der Waals surface area contributed by atoms with Gasteiger partial charge in [0.25, 0.3) is 5.91 Å². The van der Waals surface area contributed by atoms with Gasteiger partial charge in [0.05, 0.1) is 27.2 Å². The van der Waals surface area contributed by atoms with Crippen molar-refractivity contribution in [2.24, 2.45) is 0 Å². The maximum Gasteiger partial charge on any atom is 0.265 e. The lowest BCUT2D eigenvalue weighted by atomic mass is 10.2. The van der Waals surface area contributed by atoms with Gasteiger partial charge in [-0.1, -0.05) is 18.2 Å². The standard InChI is InChI=1S/C20H19BrFN3O2/c1-12-19(13(2)25(24-12)16-7-5-4-6-8-16)23-20(26)14(3)27-18-10-9-15(22)11-17(18)21/h4-11,14H,1-3H3,(H,23,26). The van der Waals surface area contributed by atoms with E-state index in [9.17, 15) is 9.18 Å². The van der Waals surface area contributed by atoms with Gasteiger partial charge in [-0.25, -0.2) is 9.07 Å². The fourth-order valence-electron chi connectivity index (χ4n) is 2.68. The Hall–Kier alpha value is -2.67. The molecule has 0 bridgehead atoms. The van der Waals surface area contributed by atoms with E-state index < -0.39 is 6.10 Å². The van der Waals surface area contributed by atoms with Gasteiger partial charge in [0.2, 0.25) is 0 Å². The second-order valence-electron chi connectivity index (χ2n) is 6.12. The Bertz CT molecular complexity index is 973. The van der Waals surface area contributed by atoms with Gasteiger partial charge in [-0.2, -0.15) is 5.10 Å². The van der Waals surface area contributed by atoms with Gasteiger partial charge in [0.15, 0.2) is 6.10 Å². The summed E-state index contributed by atoms with van der Waals surface area (Å²) in [5.74, 6) is -0.302. The number of halogens is 2. The number of hydrogen-bond acceptors (Lipinski definition) is 3. The van der Waals surface area contributed by atoms with Crippen LogP contribution in [0.5, 0.6) is 5.75 Å². The molecule has 1 unspecified atom stereocenters. The molecule has 1 atom stereocenters. The third kappa shape index (κ3) is 4.19. The van der Waals surface area contributed by atoms with Gasteiger partial charge < -0.3 is 10.1 Å². The van der Waals surface area contributed by atoms with E-state index >= 15 is 0 Å². The van der Waals surface area contributed by atoms with Crippen LogP contribution >= 0.6 is 15.9 Å². The number of rotatable bonds is 5. The summed E-state index contributed by atoms with van der Waals surface area (Å²) < 4.78 is 21.1. The molecule has 7 heteroatoms. The number of amides is 1. The largest absolute Gasteiger partial charge is 0.480 e. The third-order valence-electron chi connectivity index (χ3n) is 4.11. The van der Waals surface area contributed by atoms with Crippen LogP contribution in [0.1, 0.15) is 18.3 Å². The summed E-state index contributed by atoms with van der Waals surface area (Å²) in [7, 11) is 0. The number of nitrogens with one attached hydrogen (secondary N) is 1. The van der Waals surface area contributed by atoms with E-state index in [1.54, 1.807) is 11.6 Å². The molecule has 5 nitrogen and oxygen atoms in total. The van der Waals surface area contributed by atoms with Crippen molar-refractivity contribution >= 4 is 27.5 Å². The predicted octanol–water partition coefficient (Wildman–Crippen LogP) is 4.80. The molecule has 2 aromatic carbocycles. The van der Waals surface area contributed by atoms with Crippen LogP contribution in [0, 0.1) is 19.7 Å². The number of aromatic nitrogens is 2. The monoisotopic (exact) mass is 431 g/mol. The summed E-state index contributed by atoms with van der Waals surface area (Å²) in [5, 5.41) is 7.40. The molecule has 0 aliphatic carbocycles. The number of aryl methyl sites for hydroxylation is 1. The van der Waals surface area contributed by atoms with Crippen LogP contribution in [0.4, 0.5) is 10.1 Å². The summed E-state index contributed by atoms with van der Waals surface area (Å²) >= 11 is 3.23. The molecule has 3 rings (SSSR count). The van der Waals surface area contributed by atoms with E-state index in [1.807, 2.05) is 44.2 Å². The SMILES string of the molecule is Cc1nn(-c2ccccc2)c(C)c1NC(=O)C(C)Oc1ccc(F)cc1Br. The Morgan fingerprint density at radius 1 is 1.22 bits per heavy atom. The predicted molar refractivity (Wildman–Crippen MR) is 106 cm³/mol. The van der Waals surface area contributed by atoms with Crippen molar-refractivity contribution in [1.29, 1.82) is 0 Å². The Morgan fingerprint density at radius 3 is 2.59 bits per heavy atom. The molecular weight excluding hydrogens is 413 g/mol. The second-order valence-corrected chi connectivity index (χ2v) is 6.97. The number of hydrogen-bond donors (Lipinski definition) is 1. The number of anilines is 1. The van der Waals surface area contributed by atoms with Crippen molar-refractivity contribution in [3.63, 3.8) is 0 Å². The van der Waals surface area contributed by atoms with Gasteiger partial charge in [0, 0.05) is 0 Å². The maximum atomic E-state index is 13.2. The van der Waals surface area contributed by atoms with E-state index in [2.05, 4.69) is 26.3 Å². The number of carbonyl (C=O) groups is 1. The van der Waals surface area contributed by atoms with Gasteiger partial charge in [-0.05, 0) is 67.0 Å². The zero-order valence-electron chi connectivity index (χ0n) is 15.2.